The molecule has 29 heavy (non-hydrogen) atoms. The highest BCUT2D eigenvalue weighted by Gasteiger charge is 2.21. The molecule has 0 radical (unpaired) electrons. The Balaban J connectivity index is 1.63. The molecule has 0 aliphatic heterocycles. The van der Waals surface area contributed by atoms with Crippen LogP contribution in [0.2, 0.25) is 0 Å². The van der Waals surface area contributed by atoms with E-state index in [1.54, 1.807) is 24.0 Å². The summed E-state index contributed by atoms with van der Waals surface area (Å²) in [6.45, 7) is 5.86. The first-order valence-electron chi connectivity index (χ1n) is 9.38. The van der Waals surface area contributed by atoms with Crippen LogP contribution in [0.25, 0.3) is 16.9 Å². The fraction of sp³-hybridized carbons (Fsp3) is 0.250. The molecular weight excluding hydrogens is 368 g/mol. The van der Waals surface area contributed by atoms with Crippen molar-refractivity contribution < 1.29 is 4.79 Å². The largest absolute Gasteiger partial charge is 0.382 e. The van der Waals surface area contributed by atoms with Crippen molar-refractivity contribution >= 4 is 28.6 Å². The number of hydrogen-bond donors (Lipinski definition) is 2. The molecule has 1 unspecified atom stereocenters. The molecule has 9 heteroatoms. The van der Waals surface area contributed by atoms with Crippen molar-refractivity contribution in [3.63, 3.8) is 0 Å². The van der Waals surface area contributed by atoms with Gasteiger partial charge in [0, 0.05) is 0 Å². The molecule has 3 heterocycles. The van der Waals surface area contributed by atoms with E-state index in [4.69, 9.17) is 5.73 Å². The molecule has 0 bridgehead atoms. The summed E-state index contributed by atoms with van der Waals surface area (Å²) >= 11 is 0. The lowest BCUT2D eigenvalue weighted by Crippen LogP contribution is -2.24. The molecule has 3 N–H and O–H groups in total. The van der Waals surface area contributed by atoms with Gasteiger partial charge in [0.05, 0.1) is 29.6 Å². The molecular formula is C20H22N8O. The van der Waals surface area contributed by atoms with E-state index in [1.807, 2.05) is 42.8 Å². The molecule has 0 saturated heterocycles. The van der Waals surface area contributed by atoms with Crippen LogP contribution in [0, 0.1) is 6.92 Å². The lowest BCUT2D eigenvalue weighted by atomic mass is 10.2. The standard InChI is InChI=1S/C20H22N8O/c1-4-15-14(9-25-28(15)16-8-6-5-7-12(16)2)26-20(29)13(3)27-11-24-17-18(21)22-10-23-19(17)27/h5-11,13H,4H2,1-3H3,(H,26,29)(H2,21,22,23). The van der Waals surface area contributed by atoms with Gasteiger partial charge in [-0.2, -0.15) is 5.10 Å². The molecule has 3 aromatic heterocycles. The van der Waals surface area contributed by atoms with Crippen molar-refractivity contribution in [3.8, 4) is 5.69 Å². The number of carbonyl (C=O) groups excluding carboxylic acids is 1. The maximum atomic E-state index is 12.9. The molecule has 0 fully saturated rings. The molecule has 4 rings (SSSR count). The van der Waals surface area contributed by atoms with Gasteiger partial charge in [0.1, 0.15) is 17.9 Å². The second-order valence-corrected chi connectivity index (χ2v) is 6.80. The zero-order valence-electron chi connectivity index (χ0n) is 16.5. The van der Waals surface area contributed by atoms with Crippen molar-refractivity contribution in [2.45, 2.75) is 33.2 Å². The van der Waals surface area contributed by atoms with Gasteiger partial charge < -0.3 is 15.6 Å². The summed E-state index contributed by atoms with van der Waals surface area (Å²) < 4.78 is 3.55. The number of nitrogens with two attached hydrogens (primary N) is 1. The molecule has 0 spiro atoms. The first-order valence-corrected chi connectivity index (χ1v) is 9.38. The number of nitrogen functional groups attached to an aromatic ring is 1. The molecule has 4 aromatic rings. The van der Waals surface area contributed by atoms with Gasteiger partial charge in [0.2, 0.25) is 5.91 Å². The Hall–Kier alpha value is -3.75. The monoisotopic (exact) mass is 390 g/mol. The molecule has 148 valence electrons. The topological polar surface area (TPSA) is 117 Å². The summed E-state index contributed by atoms with van der Waals surface area (Å²) in [5.74, 6) is 0.0923. The fourth-order valence-electron chi connectivity index (χ4n) is 3.34. The van der Waals surface area contributed by atoms with Crippen LogP contribution >= 0.6 is 0 Å². The van der Waals surface area contributed by atoms with Crippen LogP contribution < -0.4 is 11.1 Å². The lowest BCUT2D eigenvalue weighted by molar-refractivity contribution is -0.118. The number of aryl methyl sites for hydroxylation is 1. The summed E-state index contributed by atoms with van der Waals surface area (Å²) in [5.41, 5.74) is 10.6. The molecule has 1 atom stereocenters. The van der Waals surface area contributed by atoms with Crippen molar-refractivity contribution in [1.82, 2.24) is 29.3 Å². The minimum Gasteiger partial charge on any atom is -0.382 e. The van der Waals surface area contributed by atoms with Crippen LogP contribution in [-0.2, 0) is 11.2 Å². The van der Waals surface area contributed by atoms with Gasteiger partial charge in [-0.3, -0.25) is 4.79 Å². The molecule has 1 amide bonds. The van der Waals surface area contributed by atoms with Gasteiger partial charge in [0.25, 0.3) is 0 Å². The van der Waals surface area contributed by atoms with E-state index < -0.39 is 6.04 Å². The number of para-hydroxylation sites is 1. The SMILES string of the molecule is CCc1c(NC(=O)C(C)n2cnc3c(N)ncnc32)cnn1-c1ccccc1C. The summed E-state index contributed by atoms with van der Waals surface area (Å²) in [6, 6.07) is 7.47. The van der Waals surface area contributed by atoms with Gasteiger partial charge in [-0.15, -0.1) is 0 Å². The lowest BCUT2D eigenvalue weighted by Gasteiger charge is -2.15. The van der Waals surface area contributed by atoms with Gasteiger partial charge >= 0.3 is 0 Å². The van der Waals surface area contributed by atoms with Crippen LogP contribution in [0.3, 0.4) is 0 Å². The molecule has 0 aliphatic carbocycles. The maximum absolute atomic E-state index is 12.9. The number of benzene rings is 1. The fourth-order valence-corrected chi connectivity index (χ4v) is 3.34. The van der Waals surface area contributed by atoms with E-state index in [1.165, 1.54) is 6.33 Å². The van der Waals surface area contributed by atoms with Gasteiger partial charge in [-0.1, -0.05) is 25.1 Å². The predicted molar refractivity (Wildman–Crippen MR) is 111 cm³/mol. The Labute approximate surface area is 167 Å². The zero-order chi connectivity index (χ0) is 20.5. The second-order valence-electron chi connectivity index (χ2n) is 6.80. The number of hydrogen-bond acceptors (Lipinski definition) is 6. The summed E-state index contributed by atoms with van der Waals surface area (Å²) in [5, 5.41) is 7.49. The normalized spacial score (nSPS) is 12.2. The van der Waals surface area contributed by atoms with Gasteiger partial charge in [-0.25, -0.2) is 19.6 Å². The summed E-state index contributed by atoms with van der Waals surface area (Å²) in [7, 11) is 0. The van der Waals surface area contributed by atoms with Crippen LogP contribution in [0.5, 0.6) is 0 Å². The van der Waals surface area contributed by atoms with Crippen LogP contribution in [0.15, 0.2) is 43.1 Å². The number of carbonyl (C=O) groups is 1. The molecule has 9 nitrogen and oxygen atoms in total. The maximum Gasteiger partial charge on any atom is 0.247 e. The molecule has 0 aliphatic rings. The van der Waals surface area contributed by atoms with E-state index >= 15 is 0 Å². The van der Waals surface area contributed by atoms with Crippen LogP contribution in [0.1, 0.15) is 31.1 Å². The average molecular weight is 390 g/mol. The van der Waals surface area contributed by atoms with E-state index in [2.05, 4.69) is 25.4 Å². The molecule has 0 saturated carbocycles. The first-order chi connectivity index (χ1) is 14.0. The highest BCUT2D eigenvalue weighted by molar-refractivity contribution is 5.95. The predicted octanol–water partition coefficient (Wildman–Crippen LogP) is 2.66. The van der Waals surface area contributed by atoms with E-state index in [-0.39, 0.29) is 11.7 Å². The Morgan fingerprint density at radius 2 is 2.03 bits per heavy atom. The number of anilines is 2. The van der Waals surface area contributed by atoms with Crippen molar-refractivity contribution in [3.05, 3.63) is 54.4 Å². The third-order valence-electron chi connectivity index (χ3n) is 4.99. The Kier molecular flexibility index (Phi) is 4.71. The quantitative estimate of drug-likeness (QED) is 0.541. The Morgan fingerprint density at radius 1 is 1.24 bits per heavy atom. The zero-order valence-corrected chi connectivity index (χ0v) is 16.5. The van der Waals surface area contributed by atoms with Gasteiger partial charge in [0.15, 0.2) is 11.5 Å². The minimum atomic E-state index is -0.541. The second kappa shape index (κ2) is 7.34. The minimum absolute atomic E-state index is 0.194. The summed E-state index contributed by atoms with van der Waals surface area (Å²) in [6.07, 6.45) is 5.32. The van der Waals surface area contributed by atoms with Crippen LogP contribution in [0.4, 0.5) is 11.5 Å². The number of aromatic nitrogens is 6. The number of fused-ring (bicyclic) bond motifs is 1. The van der Waals surface area contributed by atoms with E-state index in [9.17, 15) is 4.79 Å². The third kappa shape index (κ3) is 3.20. The number of nitrogens with zero attached hydrogens (tertiary/aromatic N) is 6. The van der Waals surface area contributed by atoms with Crippen molar-refractivity contribution in [2.24, 2.45) is 0 Å². The summed E-state index contributed by atoms with van der Waals surface area (Å²) in [4.78, 5) is 25.3. The Bertz CT molecular complexity index is 1190. The Morgan fingerprint density at radius 3 is 2.79 bits per heavy atom. The third-order valence-corrected chi connectivity index (χ3v) is 4.99. The average Bonchev–Trinajstić information content (AvgIpc) is 3.32. The molecule has 1 aromatic carbocycles. The van der Waals surface area contributed by atoms with Crippen molar-refractivity contribution in [2.75, 3.05) is 11.1 Å². The number of imidazole rings is 1. The number of nitrogens with one attached hydrogen (secondary N) is 1. The first kappa shape index (κ1) is 18.6. The van der Waals surface area contributed by atoms with Crippen molar-refractivity contribution in [1.29, 1.82) is 0 Å². The highest BCUT2D eigenvalue weighted by Crippen LogP contribution is 2.24. The van der Waals surface area contributed by atoms with Crippen LogP contribution in [-0.4, -0.2) is 35.2 Å². The smallest absolute Gasteiger partial charge is 0.247 e. The number of rotatable bonds is 5. The van der Waals surface area contributed by atoms with E-state index in [0.29, 0.717) is 16.9 Å². The highest BCUT2D eigenvalue weighted by atomic mass is 16.2. The van der Waals surface area contributed by atoms with Gasteiger partial charge in [-0.05, 0) is 31.9 Å². The number of amides is 1. The van der Waals surface area contributed by atoms with E-state index in [0.717, 1.165) is 23.4 Å².